The van der Waals surface area contributed by atoms with Gasteiger partial charge in [-0.05, 0) is 23.8 Å². The number of alkyl halides is 3. The van der Waals surface area contributed by atoms with Gasteiger partial charge in [0.15, 0.2) is 11.6 Å². The molecule has 2 aromatic rings. The van der Waals surface area contributed by atoms with Gasteiger partial charge in [0, 0.05) is 0 Å². The topological polar surface area (TPSA) is 47.9 Å². The Balaban J connectivity index is 2.18. The van der Waals surface area contributed by atoms with Crippen LogP contribution in [0.15, 0.2) is 30.6 Å². The second-order valence-electron chi connectivity index (χ2n) is 3.77. The van der Waals surface area contributed by atoms with E-state index in [1.165, 1.54) is 6.33 Å². The summed E-state index contributed by atoms with van der Waals surface area (Å²) in [5, 5.41) is 0. The maximum atomic E-state index is 5.72. The van der Waals surface area contributed by atoms with Crippen LogP contribution < -0.4 is 4.74 Å². The lowest BCUT2D eigenvalue weighted by Gasteiger charge is -2.07. The standard InChI is InChI=1S/C13H10Cl3N3O/c1-20-10-5-2-9(3-6-10)4-7-11-17-8-18-12(19-11)13(14,15)16/h2-8H,1H3/b7-4-. The summed E-state index contributed by atoms with van der Waals surface area (Å²) in [4.78, 5) is 11.9. The summed E-state index contributed by atoms with van der Waals surface area (Å²) in [5.74, 6) is 1.30. The van der Waals surface area contributed by atoms with Crippen molar-refractivity contribution in [2.45, 2.75) is 3.79 Å². The number of hydrogen-bond acceptors (Lipinski definition) is 4. The predicted molar refractivity (Wildman–Crippen MR) is 81.0 cm³/mol. The van der Waals surface area contributed by atoms with Crippen LogP contribution in [0.2, 0.25) is 0 Å². The Hall–Kier alpha value is -1.36. The minimum atomic E-state index is -1.66. The molecule has 0 fully saturated rings. The molecule has 7 heteroatoms. The number of halogens is 3. The highest BCUT2D eigenvalue weighted by Crippen LogP contribution is 2.35. The van der Waals surface area contributed by atoms with Crippen molar-refractivity contribution < 1.29 is 4.74 Å². The molecule has 0 aliphatic carbocycles. The van der Waals surface area contributed by atoms with E-state index in [2.05, 4.69) is 15.0 Å². The van der Waals surface area contributed by atoms with E-state index in [4.69, 9.17) is 39.5 Å². The van der Waals surface area contributed by atoms with Crippen LogP contribution in [-0.4, -0.2) is 22.1 Å². The minimum absolute atomic E-state index is 0.0897. The van der Waals surface area contributed by atoms with E-state index >= 15 is 0 Å². The first-order valence-corrected chi connectivity index (χ1v) is 6.71. The largest absolute Gasteiger partial charge is 0.497 e. The van der Waals surface area contributed by atoms with E-state index in [-0.39, 0.29) is 5.82 Å². The Morgan fingerprint density at radius 3 is 2.35 bits per heavy atom. The molecule has 0 unspecified atom stereocenters. The Bertz CT molecular complexity index is 609. The quantitative estimate of drug-likeness (QED) is 0.801. The number of ether oxygens (including phenoxy) is 1. The van der Waals surface area contributed by atoms with Gasteiger partial charge in [-0.1, -0.05) is 53.0 Å². The van der Waals surface area contributed by atoms with Crippen molar-refractivity contribution in [3.63, 3.8) is 0 Å². The molecular weight excluding hydrogens is 321 g/mol. The molecule has 1 aromatic carbocycles. The predicted octanol–water partition coefficient (Wildman–Crippen LogP) is 3.88. The first-order chi connectivity index (χ1) is 9.49. The smallest absolute Gasteiger partial charge is 0.250 e. The number of nitrogens with zero attached hydrogens (tertiary/aromatic N) is 3. The van der Waals surface area contributed by atoms with Crippen LogP contribution in [0.1, 0.15) is 17.2 Å². The van der Waals surface area contributed by atoms with Crippen LogP contribution in [-0.2, 0) is 3.79 Å². The van der Waals surface area contributed by atoms with Crippen molar-refractivity contribution in [1.29, 1.82) is 0 Å². The van der Waals surface area contributed by atoms with Crippen LogP contribution >= 0.6 is 34.8 Å². The molecule has 0 saturated heterocycles. The first kappa shape index (κ1) is 15.0. The molecule has 0 atom stereocenters. The monoisotopic (exact) mass is 329 g/mol. The highest BCUT2D eigenvalue weighted by molar-refractivity contribution is 6.66. The summed E-state index contributed by atoms with van der Waals surface area (Å²) in [6, 6.07) is 7.54. The van der Waals surface area contributed by atoms with E-state index in [1.807, 2.05) is 30.3 Å². The Labute approximate surface area is 131 Å². The zero-order chi connectivity index (χ0) is 14.6. The maximum absolute atomic E-state index is 5.72. The molecule has 0 radical (unpaired) electrons. The van der Waals surface area contributed by atoms with E-state index in [0.29, 0.717) is 5.82 Å². The molecule has 20 heavy (non-hydrogen) atoms. The fraction of sp³-hybridized carbons (Fsp3) is 0.154. The van der Waals surface area contributed by atoms with Gasteiger partial charge in [0.05, 0.1) is 7.11 Å². The third kappa shape index (κ3) is 4.07. The van der Waals surface area contributed by atoms with Crippen molar-refractivity contribution in [2.75, 3.05) is 7.11 Å². The summed E-state index contributed by atoms with van der Waals surface area (Å²) in [5.41, 5.74) is 0.974. The molecule has 2 rings (SSSR count). The molecular formula is C13H10Cl3N3O. The van der Waals surface area contributed by atoms with Gasteiger partial charge in [0.1, 0.15) is 12.1 Å². The molecule has 0 saturated carbocycles. The molecule has 4 nitrogen and oxygen atoms in total. The van der Waals surface area contributed by atoms with Gasteiger partial charge >= 0.3 is 0 Å². The zero-order valence-corrected chi connectivity index (χ0v) is 12.7. The number of rotatable bonds is 3. The number of aromatic nitrogens is 3. The van der Waals surface area contributed by atoms with E-state index < -0.39 is 3.79 Å². The van der Waals surface area contributed by atoms with Gasteiger partial charge in [-0.25, -0.2) is 15.0 Å². The van der Waals surface area contributed by atoms with Crippen LogP contribution in [0.4, 0.5) is 0 Å². The molecule has 0 bridgehead atoms. The van der Waals surface area contributed by atoms with Crippen molar-refractivity contribution in [1.82, 2.24) is 15.0 Å². The normalized spacial score (nSPS) is 11.8. The molecule has 104 valence electrons. The van der Waals surface area contributed by atoms with Crippen molar-refractivity contribution in [3.05, 3.63) is 47.8 Å². The molecule has 0 spiro atoms. The summed E-state index contributed by atoms with van der Waals surface area (Å²) in [6.45, 7) is 0. The number of hydrogen-bond donors (Lipinski definition) is 0. The molecule has 0 aliphatic rings. The van der Waals surface area contributed by atoms with Crippen molar-refractivity contribution >= 4 is 47.0 Å². The fourth-order valence-electron chi connectivity index (χ4n) is 1.41. The summed E-state index contributed by atoms with van der Waals surface area (Å²) >= 11 is 17.2. The third-order valence-corrected chi connectivity index (χ3v) is 2.89. The summed E-state index contributed by atoms with van der Waals surface area (Å²) in [6.07, 6.45) is 4.86. The van der Waals surface area contributed by atoms with Gasteiger partial charge in [0.25, 0.3) is 0 Å². The van der Waals surface area contributed by atoms with Gasteiger partial charge in [-0.2, -0.15) is 0 Å². The summed E-state index contributed by atoms with van der Waals surface area (Å²) < 4.78 is 3.42. The van der Waals surface area contributed by atoms with E-state index in [0.717, 1.165) is 11.3 Å². The zero-order valence-electron chi connectivity index (χ0n) is 10.4. The second kappa shape index (κ2) is 6.39. The molecule has 0 amide bonds. The number of benzene rings is 1. The van der Waals surface area contributed by atoms with Gasteiger partial charge in [0.2, 0.25) is 3.79 Å². The average molecular weight is 331 g/mol. The van der Waals surface area contributed by atoms with E-state index in [9.17, 15) is 0 Å². The van der Waals surface area contributed by atoms with Crippen molar-refractivity contribution in [3.8, 4) is 5.75 Å². The van der Waals surface area contributed by atoms with Crippen LogP contribution in [0.25, 0.3) is 12.2 Å². The van der Waals surface area contributed by atoms with Gasteiger partial charge in [-0.15, -0.1) is 0 Å². The highest BCUT2D eigenvalue weighted by atomic mass is 35.6. The minimum Gasteiger partial charge on any atom is -0.497 e. The summed E-state index contributed by atoms with van der Waals surface area (Å²) in [7, 11) is 1.62. The third-order valence-electron chi connectivity index (χ3n) is 2.38. The van der Waals surface area contributed by atoms with Gasteiger partial charge in [-0.3, -0.25) is 0 Å². The van der Waals surface area contributed by atoms with Gasteiger partial charge < -0.3 is 4.74 Å². The lowest BCUT2D eigenvalue weighted by molar-refractivity contribution is 0.415. The Morgan fingerprint density at radius 1 is 1.05 bits per heavy atom. The lowest BCUT2D eigenvalue weighted by atomic mass is 10.2. The first-order valence-electron chi connectivity index (χ1n) is 5.57. The molecule has 0 aliphatic heterocycles. The fourth-order valence-corrected chi connectivity index (χ4v) is 1.68. The van der Waals surface area contributed by atoms with Crippen LogP contribution in [0.5, 0.6) is 5.75 Å². The lowest BCUT2D eigenvalue weighted by Crippen LogP contribution is -2.08. The molecule has 0 N–H and O–H groups in total. The Kier molecular flexibility index (Phi) is 4.81. The molecule has 1 aromatic heterocycles. The highest BCUT2D eigenvalue weighted by Gasteiger charge is 2.26. The van der Waals surface area contributed by atoms with Crippen LogP contribution in [0.3, 0.4) is 0 Å². The van der Waals surface area contributed by atoms with Crippen molar-refractivity contribution in [2.24, 2.45) is 0 Å². The average Bonchev–Trinajstić information content (AvgIpc) is 2.45. The Morgan fingerprint density at radius 2 is 1.75 bits per heavy atom. The van der Waals surface area contributed by atoms with E-state index in [1.54, 1.807) is 13.2 Å². The molecule has 1 heterocycles. The maximum Gasteiger partial charge on any atom is 0.250 e. The number of methoxy groups -OCH3 is 1. The SMILES string of the molecule is COc1ccc(/C=C\c2ncnc(C(Cl)(Cl)Cl)n2)cc1. The van der Waals surface area contributed by atoms with Crippen LogP contribution in [0, 0.1) is 0 Å². The second-order valence-corrected chi connectivity index (χ2v) is 6.05.